The van der Waals surface area contributed by atoms with E-state index in [2.05, 4.69) is 5.32 Å². The van der Waals surface area contributed by atoms with E-state index in [1.807, 2.05) is 0 Å². The van der Waals surface area contributed by atoms with Crippen LogP contribution >= 0.6 is 0 Å². The molecular formula is C14H12F2N2O2. The maximum Gasteiger partial charge on any atom is 0.305 e. The first-order chi connectivity index (χ1) is 9.58. The molecule has 0 aliphatic rings. The summed E-state index contributed by atoms with van der Waals surface area (Å²) in [5.41, 5.74) is 0.376. The highest BCUT2D eigenvalue weighted by Crippen LogP contribution is 2.20. The van der Waals surface area contributed by atoms with Gasteiger partial charge in [-0.05, 0) is 17.7 Å². The van der Waals surface area contributed by atoms with Crippen molar-refractivity contribution in [2.75, 3.05) is 0 Å². The number of benzene rings is 2. The Bertz CT molecular complexity index is 632. The Balaban J connectivity index is 2.01. The molecule has 20 heavy (non-hydrogen) atoms. The molecule has 0 heterocycles. The molecule has 0 atom stereocenters. The second-order valence-corrected chi connectivity index (χ2v) is 4.24. The summed E-state index contributed by atoms with van der Waals surface area (Å²) >= 11 is 0. The number of hydrogen-bond donors (Lipinski definition) is 1. The van der Waals surface area contributed by atoms with Gasteiger partial charge in [0, 0.05) is 24.7 Å². The first kappa shape index (κ1) is 14.1. The molecule has 6 heteroatoms. The van der Waals surface area contributed by atoms with Gasteiger partial charge >= 0.3 is 5.69 Å². The van der Waals surface area contributed by atoms with Crippen molar-refractivity contribution in [3.63, 3.8) is 0 Å². The SMILES string of the molecule is O=[N+]([O-])c1cccc(CNCc2cccc(F)c2)c1F. The molecule has 2 aromatic carbocycles. The van der Waals surface area contributed by atoms with E-state index in [4.69, 9.17) is 0 Å². The van der Waals surface area contributed by atoms with Crippen LogP contribution in [0.25, 0.3) is 0 Å². The molecule has 0 aliphatic heterocycles. The number of hydrogen-bond acceptors (Lipinski definition) is 3. The highest BCUT2D eigenvalue weighted by atomic mass is 19.1. The molecule has 2 rings (SSSR count). The van der Waals surface area contributed by atoms with Crippen molar-refractivity contribution in [2.45, 2.75) is 13.1 Å². The third kappa shape index (κ3) is 3.36. The van der Waals surface area contributed by atoms with Crippen molar-refractivity contribution in [3.8, 4) is 0 Å². The fraction of sp³-hybridized carbons (Fsp3) is 0.143. The molecule has 0 bridgehead atoms. The van der Waals surface area contributed by atoms with E-state index in [0.717, 1.165) is 11.6 Å². The highest BCUT2D eigenvalue weighted by Gasteiger charge is 2.16. The summed E-state index contributed by atoms with van der Waals surface area (Å²) in [5.74, 6) is -1.19. The van der Waals surface area contributed by atoms with Gasteiger partial charge in [0.15, 0.2) is 0 Å². The highest BCUT2D eigenvalue weighted by molar-refractivity contribution is 5.36. The van der Waals surface area contributed by atoms with Gasteiger partial charge < -0.3 is 5.32 Å². The molecule has 0 aliphatic carbocycles. The zero-order valence-corrected chi connectivity index (χ0v) is 10.5. The quantitative estimate of drug-likeness (QED) is 0.675. The van der Waals surface area contributed by atoms with Gasteiger partial charge in [0.25, 0.3) is 0 Å². The third-order valence-corrected chi connectivity index (χ3v) is 2.79. The molecule has 0 spiro atoms. The second-order valence-electron chi connectivity index (χ2n) is 4.24. The lowest BCUT2D eigenvalue weighted by Gasteiger charge is -2.06. The largest absolute Gasteiger partial charge is 0.309 e. The topological polar surface area (TPSA) is 55.2 Å². The molecular weight excluding hydrogens is 266 g/mol. The van der Waals surface area contributed by atoms with Crippen LogP contribution in [0.15, 0.2) is 42.5 Å². The number of halogens is 2. The van der Waals surface area contributed by atoms with Gasteiger partial charge in [0.1, 0.15) is 5.82 Å². The predicted molar refractivity (Wildman–Crippen MR) is 70.0 cm³/mol. The van der Waals surface area contributed by atoms with Crippen molar-refractivity contribution in [1.82, 2.24) is 5.32 Å². The number of rotatable bonds is 5. The lowest BCUT2D eigenvalue weighted by Crippen LogP contribution is -2.14. The van der Waals surface area contributed by atoms with E-state index in [9.17, 15) is 18.9 Å². The number of nitro benzene ring substituents is 1. The number of nitrogens with zero attached hydrogens (tertiary/aromatic N) is 1. The Labute approximate surface area is 114 Å². The van der Waals surface area contributed by atoms with E-state index in [-0.39, 0.29) is 17.9 Å². The Kier molecular flexibility index (Phi) is 4.37. The minimum Gasteiger partial charge on any atom is -0.309 e. The maximum absolute atomic E-state index is 13.8. The van der Waals surface area contributed by atoms with Gasteiger partial charge in [-0.15, -0.1) is 0 Å². The van der Waals surface area contributed by atoms with Gasteiger partial charge in [-0.1, -0.05) is 24.3 Å². The number of nitro groups is 1. The van der Waals surface area contributed by atoms with E-state index in [1.165, 1.54) is 24.3 Å². The van der Waals surface area contributed by atoms with E-state index in [1.54, 1.807) is 12.1 Å². The van der Waals surface area contributed by atoms with Gasteiger partial charge in [-0.2, -0.15) is 4.39 Å². The average Bonchev–Trinajstić information content (AvgIpc) is 2.40. The monoisotopic (exact) mass is 278 g/mol. The fourth-order valence-corrected chi connectivity index (χ4v) is 1.83. The van der Waals surface area contributed by atoms with Crippen molar-refractivity contribution >= 4 is 5.69 Å². The van der Waals surface area contributed by atoms with E-state index in [0.29, 0.717) is 6.54 Å². The standard InChI is InChI=1S/C14H12F2N2O2/c15-12-5-1-3-10(7-12)8-17-9-11-4-2-6-13(14(11)16)18(19)20/h1-7,17H,8-9H2. The molecule has 0 radical (unpaired) electrons. The van der Waals surface area contributed by atoms with Gasteiger partial charge in [-0.3, -0.25) is 10.1 Å². The van der Waals surface area contributed by atoms with Crippen molar-refractivity contribution in [3.05, 3.63) is 75.3 Å². The summed E-state index contributed by atoms with van der Waals surface area (Å²) in [7, 11) is 0. The van der Waals surface area contributed by atoms with Crippen molar-refractivity contribution in [2.24, 2.45) is 0 Å². The molecule has 0 saturated carbocycles. The Morgan fingerprint density at radius 1 is 1.10 bits per heavy atom. The lowest BCUT2D eigenvalue weighted by molar-refractivity contribution is -0.387. The summed E-state index contributed by atoms with van der Waals surface area (Å²) in [6.45, 7) is 0.476. The third-order valence-electron chi connectivity index (χ3n) is 2.79. The van der Waals surface area contributed by atoms with Crippen LogP contribution < -0.4 is 5.32 Å². The molecule has 0 amide bonds. The molecule has 1 N–H and O–H groups in total. The molecule has 104 valence electrons. The maximum atomic E-state index is 13.8. The minimum atomic E-state index is -0.843. The van der Waals surface area contributed by atoms with Gasteiger partial charge in [0.05, 0.1) is 4.92 Å². The molecule has 0 saturated heterocycles. The number of nitrogens with one attached hydrogen (secondary N) is 1. The second kappa shape index (κ2) is 6.21. The zero-order chi connectivity index (χ0) is 14.5. The molecule has 2 aromatic rings. The summed E-state index contributed by atoms with van der Waals surface area (Å²) in [6, 6.07) is 10.0. The molecule has 0 fully saturated rings. The smallest absolute Gasteiger partial charge is 0.305 e. The van der Waals surface area contributed by atoms with Crippen LogP contribution in [0, 0.1) is 21.7 Å². The van der Waals surface area contributed by atoms with Gasteiger partial charge in [-0.25, -0.2) is 4.39 Å². The van der Waals surface area contributed by atoms with E-state index >= 15 is 0 Å². The van der Waals surface area contributed by atoms with Crippen LogP contribution in [0.3, 0.4) is 0 Å². The predicted octanol–water partition coefficient (Wildman–Crippen LogP) is 3.16. The van der Waals surface area contributed by atoms with Crippen LogP contribution in [0.2, 0.25) is 0 Å². The fourth-order valence-electron chi connectivity index (χ4n) is 1.83. The Morgan fingerprint density at radius 3 is 2.55 bits per heavy atom. The molecule has 0 aromatic heterocycles. The summed E-state index contributed by atoms with van der Waals surface area (Å²) in [5, 5.41) is 13.5. The molecule has 0 unspecified atom stereocenters. The molecule has 4 nitrogen and oxygen atoms in total. The summed E-state index contributed by atoms with van der Waals surface area (Å²) in [4.78, 5) is 9.85. The van der Waals surface area contributed by atoms with Crippen molar-refractivity contribution in [1.29, 1.82) is 0 Å². The van der Waals surface area contributed by atoms with E-state index < -0.39 is 16.4 Å². The van der Waals surface area contributed by atoms with Crippen LogP contribution in [0.5, 0.6) is 0 Å². The van der Waals surface area contributed by atoms with Crippen molar-refractivity contribution < 1.29 is 13.7 Å². The van der Waals surface area contributed by atoms with Crippen LogP contribution in [0.1, 0.15) is 11.1 Å². The Morgan fingerprint density at radius 2 is 1.85 bits per heavy atom. The summed E-state index contributed by atoms with van der Waals surface area (Å²) < 4.78 is 26.7. The van der Waals surface area contributed by atoms with Crippen LogP contribution in [-0.2, 0) is 13.1 Å². The zero-order valence-electron chi connectivity index (χ0n) is 10.5. The lowest BCUT2D eigenvalue weighted by atomic mass is 10.1. The normalized spacial score (nSPS) is 10.5. The van der Waals surface area contributed by atoms with Crippen LogP contribution in [0.4, 0.5) is 14.5 Å². The Hall–Kier alpha value is -2.34. The first-order valence-electron chi connectivity index (χ1n) is 5.95. The summed E-state index contributed by atoms with van der Waals surface area (Å²) in [6.07, 6.45) is 0. The average molecular weight is 278 g/mol. The van der Waals surface area contributed by atoms with Gasteiger partial charge in [0.2, 0.25) is 5.82 Å². The minimum absolute atomic E-state index is 0.129. The van der Waals surface area contributed by atoms with Crippen LogP contribution in [-0.4, -0.2) is 4.92 Å². The first-order valence-corrected chi connectivity index (χ1v) is 5.95.